The molecule has 0 aliphatic carbocycles. The molecule has 2 aliphatic rings. The predicted octanol–water partition coefficient (Wildman–Crippen LogP) is 2.12. The second-order valence-electron chi connectivity index (χ2n) is 5.06. The topological polar surface area (TPSA) is 27.6 Å². The fourth-order valence-corrected chi connectivity index (χ4v) is 3.62. The van der Waals surface area contributed by atoms with Crippen molar-refractivity contribution in [2.75, 3.05) is 26.7 Å². The van der Waals surface area contributed by atoms with Crippen LogP contribution >= 0.6 is 11.8 Å². The fraction of sp³-hybridized carbons (Fsp3) is 0.500. The van der Waals surface area contributed by atoms with Crippen molar-refractivity contribution < 1.29 is 0 Å². The third kappa shape index (κ3) is 2.70. The van der Waals surface area contributed by atoms with Crippen LogP contribution in [0.2, 0.25) is 0 Å². The first-order valence-electron chi connectivity index (χ1n) is 6.52. The number of likely N-dealkylation sites (tertiary alicyclic amines) is 1. The maximum absolute atomic E-state index is 4.63. The van der Waals surface area contributed by atoms with Crippen LogP contribution < -0.4 is 5.32 Å². The Labute approximate surface area is 113 Å². The zero-order chi connectivity index (χ0) is 12.4. The molecule has 18 heavy (non-hydrogen) atoms. The molecule has 4 heteroatoms. The molecule has 0 saturated carbocycles. The van der Waals surface area contributed by atoms with Gasteiger partial charge in [0.05, 0.1) is 11.8 Å². The summed E-state index contributed by atoms with van der Waals surface area (Å²) in [6.45, 7) is 3.23. The molecular formula is C14H19N3S. The minimum Gasteiger partial charge on any atom is -0.361 e. The van der Waals surface area contributed by atoms with Crippen LogP contribution in [0.4, 0.5) is 0 Å². The lowest BCUT2D eigenvalue weighted by atomic mass is 10.1. The molecule has 96 valence electrons. The maximum Gasteiger partial charge on any atom is 0.157 e. The van der Waals surface area contributed by atoms with Crippen molar-refractivity contribution in [1.29, 1.82) is 0 Å². The van der Waals surface area contributed by atoms with E-state index < -0.39 is 0 Å². The number of nitrogens with one attached hydrogen (secondary N) is 1. The van der Waals surface area contributed by atoms with Crippen molar-refractivity contribution in [3.63, 3.8) is 0 Å². The van der Waals surface area contributed by atoms with Crippen molar-refractivity contribution in [3.8, 4) is 0 Å². The summed E-state index contributed by atoms with van der Waals surface area (Å²) in [4.78, 5) is 7.00. The summed E-state index contributed by atoms with van der Waals surface area (Å²) in [7, 11) is 2.18. The van der Waals surface area contributed by atoms with Gasteiger partial charge in [0, 0.05) is 12.6 Å². The van der Waals surface area contributed by atoms with E-state index in [2.05, 4.69) is 52.6 Å². The first-order valence-corrected chi connectivity index (χ1v) is 7.40. The highest BCUT2D eigenvalue weighted by Gasteiger charge is 2.25. The fourth-order valence-electron chi connectivity index (χ4n) is 2.52. The van der Waals surface area contributed by atoms with Crippen LogP contribution in [0, 0.1) is 0 Å². The van der Waals surface area contributed by atoms with E-state index in [0.29, 0.717) is 11.3 Å². The van der Waals surface area contributed by atoms with Gasteiger partial charge in [-0.1, -0.05) is 42.1 Å². The first-order chi connectivity index (χ1) is 8.81. The Morgan fingerprint density at radius 2 is 2.17 bits per heavy atom. The Morgan fingerprint density at radius 3 is 2.89 bits per heavy atom. The highest BCUT2D eigenvalue weighted by molar-refractivity contribution is 8.14. The molecule has 1 N–H and O–H groups in total. The highest BCUT2D eigenvalue weighted by atomic mass is 32.2. The van der Waals surface area contributed by atoms with Crippen LogP contribution in [0.15, 0.2) is 35.3 Å². The molecule has 0 bridgehead atoms. The van der Waals surface area contributed by atoms with Gasteiger partial charge in [0.25, 0.3) is 0 Å². The van der Waals surface area contributed by atoms with Gasteiger partial charge in [-0.05, 0) is 25.6 Å². The van der Waals surface area contributed by atoms with Gasteiger partial charge in [-0.3, -0.25) is 4.99 Å². The largest absolute Gasteiger partial charge is 0.361 e. The molecule has 2 unspecified atom stereocenters. The van der Waals surface area contributed by atoms with E-state index in [9.17, 15) is 0 Å². The summed E-state index contributed by atoms with van der Waals surface area (Å²) >= 11 is 1.87. The molecule has 3 nitrogen and oxygen atoms in total. The monoisotopic (exact) mass is 261 g/mol. The van der Waals surface area contributed by atoms with E-state index >= 15 is 0 Å². The van der Waals surface area contributed by atoms with Crippen molar-refractivity contribution in [3.05, 3.63) is 35.9 Å². The van der Waals surface area contributed by atoms with Gasteiger partial charge in [-0.2, -0.15) is 0 Å². The average molecular weight is 261 g/mol. The molecule has 1 saturated heterocycles. The van der Waals surface area contributed by atoms with Crippen LogP contribution in [0.1, 0.15) is 17.2 Å². The molecule has 0 spiro atoms. The van der Waals surface area contributed by atoms with Gasteiger partial charge in [-0.25, -0.2) is 0 Å². The van der Waals surface area contributed by atoms with Crippen LogP contribution in [-0.4, -0.2) is 42.8 Å². The maximum atomic E-state index is 4.63. The number of benzene rings is 1. The number of nitrogens with zero attached hydrogens (tertiary/aromatic N) is 2. The van der Waals surface area contributed by atoms with Crippen molar-refractivity contribution in [2.24, 2.45) is 4.99 Å². The van der Waals surface area contributed by atoms with E-state index in [4.69, 9.17) is 0 Å². The number of amidine groups is 1. The Bertz CT molecular complexity index is 432. The average Bonchev–Trinajstić information content (AvgIpc) is 3.01. The molecule has 2 aliphatic heterocycles. The normalized spacial score (nSPS) is 28.4. The molecule has 2 heterocycles. The Morgan fingerprint density at radius 1 is 1.33 bits per heavy atom. The quantitative estimate of drug-likeness (QED) is 0.884. The van der Waals surface area contributed by atoms with E-state index in [0.717, 1.165) is 18.3 Å². The lowest BCUT2D eigenvalue weighted by Crippen LogP contribution is -2.34. The van der Waals surface area contributed by atoms with Crippen molar-refractivity contribution in [2.45, 2.75) is 17.7 Å². The highest BCUT2D eigenvalue weighted by Crippen LogP contribution is 2.34. The second kappa shape index (κ2) is 5.33. The number of likely N-dealkylation sites (N-methyl/N-ethyl adjacent to an activating group) is 1. The zero-order valence-electron chi connectivity index (χ0n) is 10.7. The number of hydrogen-bond acceptors (Lipinski definition) is 4. The Balaban J connectivity index is 1.55. The predicted molar refractivity (Wildman–Crippen MR) is 78.1 cm³/mol. The van der Waals surface area contributed by atoms with E-state index in [1.54, 1.807) is 0 Å². The Kier molecular flexibility index (Phi) is 3.57. The molecule has 0 aromatic heterocycles. The van der Waals surface area contributed by atoms with Gasteiger partial charge in [0.15, 0.2) is 5.17 Å². The number of rotatable bonds is 2. The first kappa shape index (κ1) is 12.1. The van der Waals surface area contributed by atoms with Gasteiger partial charge < -0.3 is 10.2 Å². The third-order valence-electron chi connectivity index (χ3n) is 3.54. The SMILES string of the molecule is CN1CCC(NC2=NCC(c3ccccc3)S2)C1. The lowest BCUT2D eigenvalue weighted by molar-refractivity contribution is 0.407. The van der Waals surface area contributed by atoms with Crippen LogP contribution in [-0.2, 0) is 0 Å². The molecule has 2 atom stereocenters. The Hall–Kier alpha value is -1.00. The smallest absolute Gasteiger partial charge is 0.157 e. The van der Waals surface area contributed by atoms with Crippen LogP contribution in [0.5, 0.6) is 0 Å². The molecule has 0 radical (unpaired) electrons. The van der Waals surface area contributed by atoms with Crippen molar-refractivity contribution in [1.82, 2.24) is 10.2 Å². The summed E-state index contributed by atoms with van der Waals surface area (Å²) in [5.41, 5.74) is 1.38. The van der Waals surface area contributed by atoms with E-state index in [-0.39, 0.29) is 0 Å². The molecule has 3 rings (SSSR count). The number of aliphatic imine (C=N–C) groups is 1. The molecular weight excluding hydrogens is 242 g/mol. The zero-order valence-corrected chi connectivity index (χ0v) is 11.5. The van der Waals surface area contributed by atoms with E-state index in [1.807, 2.05) is 11.8 Å². The minimum absolute atomic E-state index is 0.493. The summed E-state index contributed by atoms with van der Waals surface area (Å²) in [5, 5.41) is 5.20. The molecule has 0 amide bonds. The van der Waals surface area contributed by atoms with Gasteiger partial charge >= 0.3 is 0 Å². The summed E-state index contributed by atoms with van der Waals surface area (Å²) in [6.07, 6.45) is 1.23. The van der Waals surface area contributed by atoms with Crippen LogP contribution in [0.25, 0.3) is 0 Å². The van der Waals surface area contributed by atoms with Gasteiger partial charge in [0.2, 0.25) is 0 Å². The van der Waals surface area contributed by atoms with E-state index in [1.165, 1.54) is 18.5 Å². The molecule has 1 aromatic rings. The summed E-state index contributed by atoms with van der Waals surface area (Å²) < 4.78 is 0. The molecule has 1 aromatic carbocycles. The lowest BCUT2D eigenvalue weighted by Gasteiger charge is -2.14. The van der Waals surface area contributed by atoms with Gasteiger partial charge in [-0.15, -0.1) is 0 Å². The summed E-state index contributed by atoms with van der Waals surface area (Å²) in [6, 6.07) is 11.2. The molecule has 1 fully saturated rings. The van der Waals surface area contributed by atoms with Gasteiger partial charge in [0.1, 0.15) is 0 Å². The minimum atomic E-state index is 0.493. The van der Waals surface area contributed by atoms with Crippen molar-refractivity contribution >= 4 is 16.9 Å². The number of thioether (sulfide) groups is 1. The third-order valence-corrected chi connectivity index (χ3v) is 4.72. The van der Waals surface area contributed by atoms with Crippen LogP contribution in [0.3, 0.4) is 0 Å². The summed E-state index contributed by atoms with van der Waals surface area (Å²) in [5.74, 6) is 0. The number of hydrogen-bond donors (Lipinski definition) is 1. The second-order valence-corrected chi connectivity index (χ2v) is 6.25. The standard InChI is InChI=1S/C14H19N3S/c1-17-8-7-12(10-17)16-14-15-9-13(18-14)11-5-3-2-4-6-11/h2-6,12-13H,7-10H2,1H3,(H,15,16).